The predicted molar refractivity (Wildman–Crippen MR) is 130 cm³/mol. The molecule has 2 aromatic carbocycles. The van der Waals surface area contributed by atoms with Gasteiger partial charge in [0.15, 0.2) is 0 Å². The Labute approximate surface area is 205 Å². The molecule has 9 nitrogen and oxygen atoms in total. The number of nitrogens with one attached hydrogen (secondary N) is 1. The number of esters is 2. The van der Waals surface area contributed by atoms with Crippen LogP contribution in [0, 0.1) is 0 Å². The lowest BCUT2D eigenvalue weighted by atomic mass is 10.0. The molecule has 2 rings (SSSR count). The standard InChI is InChI=1S/C25H32NO8P/c1-25(2,3)34-23(28)20-13-7-17(8-14-20)15-21(24(29)31-4)26-22(27)19-11-9-18(10-12-19)16-35(30,32-5)33-6/h7-14,21H,15-16H2,1-6H3,(H,26,27)/t21-/m1/s1. The summed E-state index contributed by atoms with van der Waals surface area (Å²) in [4.78, 5) is 37.3. The summed E-state index contributed by atoms with van der Waals surface area (Å²) < 4.78 is 32.4. The van der Waals surface area contributed by atoms with Crippen molar-refractivity contribution >= 4 is 25.4 Å². The fourth-order valence-corrected chi connectivity index (χ4v) is 4.18. The van der Waals surface area contributed by atoms with E-state index in [-0.39, 0.29) is 12.6 Å². The second-order valence-corrected chi connectivity index (χ2v) is 11.1. The number of hydrogen-bond donors (Lipinski definition) is 1. The SMILES string of the molecule is COC(=O)[C@@H](Cc1ccc(C(=O)OC(C)(C)C)cc1)NC(=O)c1ccc(CP(=O)(OC)OC)cc1. The number of carbonyl (C=O) groups excluding carboxylic acids is 3. The van der Waals surface area contributed by atoms with Crippen LogP contribution >= 0.6 is 7.60 Å². The molecule has 0 fully saturated rings. The minimum absolute atomic E-state index is 0.0615. The van der Waals surface area contributed by atoms with Crippen LogP contribution in [0.1, 0.15) is 52.6 Å². The van der Waals surface area contributed by atoms with E-state index in [1.54, 1.807) is 69.3 Å². The maximum absolute atomic E-state index is 12.8. The normalized spacial score (nSPS) is 12.5. The lowest BCUT2D eigenvalue weighted by molar-refractivity contribution is -0.142. The topological polar surface area (TPSA) is 117 Å². The summed E-state index contributed by atoms with van der Waals surface area (Å²) in [5.74, 6) is -1.52. The Morgan fingerprint density at radius 1 is 0.857 bits per heavy atom. The van der Waals surface area contributed by atoms with Crippen molar-refractivity contribution in [3.8, 4) is 0 Å². The van der Waals surface area contributed by atoms with Crippen LogP contribution in [0.15, 0.2) is 48.5 Å². The first kappa shape index (κ1) is 28.2. The Morgan fingerprint density at radius 3 is 1.86 bits per heavy atom. The lowest BCUT2D eigenvalue weighted by Gasteiger charge is -2.20. The van der Waals surface area contributed by atoms with E-state index in [9.17, 15) is 18.9 Å². The molecule has 0 bridgehead atoms. The minimum atomic E-state index is -3.23. The van der Waals surface area contributed by atoms with Crippen LogP contribution in [0.25, 0.3) is 0 Å². The van der Waals surface area contributed by atoms with Crippen molar-refractivity contribution < 1.29 is 37.5 Å². The van der Waals surface area contributed by atoms with Crippen molar-refractivity contribution in [2.24, 2.45) is 0 Å². The number of hydrogen-bond acceptors (Lipinski definition) is 8. The van der Waals surface area contributed by atoms with Gasteiger partial charge in [0, 0.05) is 26.2 Å². The van der Waals surface area contributed by atoms with Gasteiger partial charge >= 0.3 is 19.5 Å². The summed E-state index contributed by atoms with van der Waals surface area (Å²) in [5.41, 5.74) is 1.48. The van der Waals surface area contributed by atoms with Crippen LogP contribution in [-0.4, -0.2) is 50.8 Å². The van der Waals surface area contributed by atoms with Crippen LogP contribution in [0.2, 0.25) is 0 Å². The van der Waals surface area contributed by atoms with E-state index >= 15 is 0 Å². The van der Waals surface area contributed by atoms with E-state index in [0.717, 1.165) is 5.56 Å². The van der Waals surface area contributed by atoms with E-state index in [0.29, 0.717) is 16.7 Å². The molecule has 0 aliphatic carbocycles. The quantitative estimate of drug-likeness (QED) is 0.378. The van der Waals surface area contributed by atoms with Gasteiger partial charge in [0.2, 0.25) is 0 Å². The lowest BCUT2D eigenvalue weighted by Crippen LogP contribution is -2.43. The van der Waals surface area contributed by atoms with Crippen LogP contribution in [-0.2, 0) is 40.5 Å². The molecule has 0 aromatic heterocycles. The molecule has 0 heterocycles. The van der Waals surface area contributed by atoms with E-state index in [1.165, 1.54) is 21.3 Å². The Hall–Kier alpha value is -3.00. The molecular formula is C25H32NO8P. The number of carbonyl (C=O) groups is 3. The number of benzene rings is 2. The molecule has 0 spiro atoms. The molecule has 0 aliphatic rings. The summed E-state index contributed by atoms with van der Waals surface area (Å²) in [6.45, 7) is 5.36. The monoisotopic (exact) mass is 505 g/mol. The summed E-state index contributed by atoms with van der Waals surface area (Å²) in [6.07, 6.45) is 0.224. The van der Waals surface area contributed by atoms with Gasteiger partial charge in [-0.3, -0.25) is 9.36 Å². The van der Waals surface area contributed by atoms with Crippen molar-refractivity contribution in [3.63, 3.8) is 0 Å². The molecule has 0 saturated carbocycles. The van der Waals surface area contributed by atoms with Gasteiger partial charge in [0.1, 0.15) is 11.6 Å². The van der Waals surface area contributed by atoms with Crippen molar-refractivity contribution in [2.75, 3.05) is 21.3 Å². The van der Waals surface area contributed by atoms with Gasteiger partial charge in [0.05, 0.1) is 18.8 Å². The zero-order valence-corrected chi connectivity index (χ0v) is 21.7. The van der Waals surface area contributed by atoms with Gasteiger partial charge in [-0.15, -0.1) is 0 Å². The van der Waals surface area contributed by atoms with Gasteiger partial charge in [-0.05, 0) is 56.2 Å². The molecular weight excluding hydrogens is 473 g/mol. The Balaban J connectivity index is 2.09. The zero-order chi connectivity index (χ0) is 26.2. The van der Waals surface area contributed by atoms with Gasteiger partial charge < -0.3 is 23.8 Å². The summed E-state index contributed by atoms with van der Waals surface area (Å²) >= 11 is 0. The first-order valence-corrected chi connectivity index (χ1v) is 12.6. The summed E-state index contributed by atoms with van der Waals surface area (Å²) in [5, 5.41) is 2.68. The highest BCUT2D eigenvalue weighted by atomic mass is 31.2. The van der Waals surface area contributed by atoms with Gasteiger partial charge in [-0.25, -0.2) is 9.59 Å². The van der Waals surface area contributed by atoms with Crippen LogP contribution in [0.4, 0.5) is 0 Å². The fraction of sp³-hybridized carbons (Fsp3) is 0.400. The molecule has 0 radical (unpaired) electrons. The van der Waals surface area contributed by atoms with Crippen molar-refractivity contribution in [1.29, 1.82) is 0 Å². The number of ether oxygens (including phenoxy) is 2. The van der Waals surface area contributed by atoms with Gasteiger partial charge in [-0.2, -0.15) is 0 Å². The Bertz CT molecular complexity index is 1070. The van der Waals surface area contributed by atoms with E-state index in [2.05, 4.69) is 5.32 Å². The number of methoxy groups -OCH3 is 1. The minimum Gasteiger partial charge on any atom is -0.467 e. The summed E-state index contributed by atoms with van der Waals surface area (Å²) in [7, 11) is 0.629. The van der Waals surface area contributed by atoms with Crippen LogP contribution < -0.4 is 5.32 Å². The highest BCUT2D eigenvalue weighted by molar-refractivity contribution is 7.52. The molecule has 0 saturated heterocycles. The molecule has 0 aliphatic heterocycles. The molecule has 1 N–H and O–H groups in total. The first-order chi connectivity index (χ1) is 16.4. The zero-order valence-electron chi connectivity index (χ0n) is 20.8. The van der Waals surface area contributed by atoms with Gasteiger partial charge in [0.25, 0.3) is 5.91 Å². The van der Waals surface area contributed by atoms with E-state index < -0.39 is 37.1 Å². The molecule has 1 amide bonds. The average Bonchev–Trinajstić information content (AvgIpc) is 2.82. The highest BCUT2D eigenvalue weighted by Crippen LogP contribution is 2.49. The van der Waals surface area contributed by atoms with Crippen molar-refractivity contribution in [3.05, 3.63) is 70.8 Å². The van der Waals surface area contributed by atoms with E-state index in [4.69, 9.17) is 18.5 Å². The largest absolute Gasteiger partial charge is 0.467 e. The molecule has 0 unspecified atom stereocenters. The highest BCUT2D eigenvalue weighted by Gasteiger charge is 2.25. The van der Waals surface area contributed by atoms with Gasteiger partial charge in [-0.1, -0.05) is 24.3 Å². The molecule has 190 valence electrons. The van der Waals surface area contributed by atoms with Crippen molar-refractivity contribution in [1.82, 2.24) is 5.32 Å². The predicted octanol–water partition coefficient (Wildman–Crippen LogP) is 4.14. The molecule has 35 heavy (non-hydrogen) atoms. The second-order valence-electron chi connectivity index (χ2n) is 8.78. The molecule has 10 heteroatoms. The van der Waals surface area contributed by atoms with Crippen LogP contribution in [0.5, 0.6) is 0 Å². The van der Waals surface area contributed by atoms with Crippen molar-refractivity contribution in [2.45, 2.75) is 45.0 Å². The molecule has 1 atom stereocenters. The maximum atomic E-state index is 12.8. The number of rotatable bonds is 10. The molecule has 2 aromatic rings. The fourth-order valence-electron chi connectivity index (χ4n) is 3.12. The average molecular weight is 506 g/mol. The Morgan fingerprint density at radius 2 is 1.37 bits per heavy atom. The summed E-state index contributed by atoms with van der Waals surface area (Å²) in [6, 6.07) is 12.1. The smallest absolute Gasteiger partial charge is 0.338 e. The Kier molecular flexibility index (Phi) is 9.77. The van der Waals surface area contributed by atoms with E-state index in [1.807, 2.05) is 0 Å². The number of amides is 1. The second kappa shape index (κ2) is 12.1. The first-order valence-electron chi connectivity index (χ1n) is 10.9. The maximum Gasteiger partial charge on any atom is 0.338 e. The third kappa shape index (κ3) is 8.62. The van der Waals surface area contributed by atoms with Crippen LogP contribution in [0.3, 0.4) is 0 Å². The third-order valence-corrected chi connectivity index (χ3v) is 6.83. The third-order valence-electron chi connectivity index (χ3n) is 4.97.